The van der Waals surface area contributed by atoms with Gasteiger partial charge in [0.2, 0.25) is 0 Å². The second-order valence-corrected chi connectivity index (χ2v) is 5.59. The molecule has 1 aromatic rings. The molecule has 2 nitrogen and oxygen atoms in total. The summed E-state index contributed by atoms with van der Waals surface area (Å²) in [5, 5.41) is 3.44. The van der Waals surface area contributed by atoms with Crippen LogP contribution in [0.25, 0.3) is 0 Å². The first-order chi connectivity index (χ1) is 6.27. The van der Waals surface area contributed by atoms with Crippen LogP contribution < -0.4 is 5.32 Å². The van der Waals surface area contributed by atoms with Gasteiger partial charge in [0.15, 0.2) is 0 Å². The molecule has 72 valence electrons. The molecular formula is C9H12BrNOS. The zero-order valence-electron chi connectivity index (χ0n) is 7.47. The van der Waals surface area contributed by atoms with Crippen LogP contribution in [0.3, 0.4) is 0 Å². The van der Waals surface area contributed by atoms with Crippen LogP contribution in [-0.2, 0) is 4.74 Å². The highest BCUT2D eigenvalue weighted by Gasteiger charge is 2.17. The average Bonchev–Trinajstić information content (AvgIpc) is 2.49. The molecule has 1 fully saturated rings. The van der Waals surface area contributed by atoms with Gasteiger partial charge in [-0.2, -0.15) is 0 Å². The fourth-order valence-corrected chi connectivity index (χ4v) is 3.03. The molecule has 0 bridgehead atoms. The molecule has 0 radical (unpaired) electrons. The van der Waals surface area contributed by atoms with Gasteiger partial charge in [-0.1, -0.05) is 0 Å². The molecule has 1 aliphatic heterocycles. The molecule has 13 heavy (non-hydrogen) atoms. The van der Waals surface area contributed by atoms with Crippen molar-refractivity contribution < 1.29 is 4.74 Å². The molecule has 0 amide bonds. The van der Waals surface area contributed by atoms with Crippen molar-refractivity contribution in [1.82, 2.24) is 5.32 Å². The largest absolute Gasteiger partial charge is 0.378 e. The Hall–Kier alpha value is 0.100. The molecule has 0 saturated carbocycles. The standard InChI is InChI=1S/C9H12BrNOS/c1-6-4-8(13-9(6)10)7-5-12-3-2-11-7/h4,7,11H,2-3,5H2,1H3. The van der Waals surface area contributed by atoms with Gasteiger partial charge in [-0.25, -0.2) is 0 Å². The second kappa shape index (κ2) is 4.09. The number of hydrogen-bond acceptors (Lipinski definition) is 3. The van der Waals surface area contributed by atoms with E-state index in [4.69, 9.17) is 4.74 Å². The van der Waals surface area contributed by atoms with Crippen LogP contribution in [0.2, 0.25) is 0 Å². The van der Waals surface area contributed by atoms with Gasteiger partial charge in [0, 0.05) is 11.4 Å². The SMILES string of the molecule is Cc1cc(C2COCCN2)sc1Br. The van der Waals surface area contributed by atoms with Gasteiger partial charge in [-0.3, -0.25) is 0 Å². The first-order valence-corrected chi connectivity index (χ1v) is 5.95. The van der Waals surface area contributed by atoms with Gasteiger partial charge in [0.1, 0.15) is 0 Å². The molecule has 0 aliphatic carbocycles. The van der Waals surface area contributed by atoms with E-state index in [1.54, 1.807) is 11.3 Å². The van der Waals surface area contributed by atoms with Gasteiger partial charge in [0.05, 0.1) is 23.0 Å². The van der Waals surface area contributed by atoms with Gasteiger partial charge >= 0.3 is 0 Å². The van der Waals surface area contributed by atoms with Crippen molar-refractivity contribution in [3.05, 3.63) is 20.3 Å². The predicted octanol–water partition coefficient (Wildman–Crippen LogP) is 2.48. The minimum absolute atomic E-state index is 0.392. The Labute approximate surface area is 90.4 Å². The normalized spacial score (nSPS) is 23.4. The Morgan fingerprint density at radius 2 is 2.54 bits per heavy atom. The summed E-state index contributed by atoms with van der Waals surface area (Å²) in [5.74, 6) is 0. The van der Waals surface area contributed by atoms with E-state index in [0.717, 1.165) is 19.8 Å². The maximum atomic E-state index is 5.41. The van der Waals surface area contributed by atoms with Crippen LogP contribution in [0.15, 0.2) is 9.85 Å². The number of ether oxygens (including phenoxy) is 1. The summed E-state index contributed by atoms with van der Waals surface area (Å²) in [4.78, 5) is 1.36. The molecule has 0 aromatic carbocycles. The number of rotatable bonds is 1. The molecule has 2 rings (SSSR count). The highest BCUT2D eigenvalue weighted by Crippen LogP contribution is 2.31. The molecule has 1 atom stereocenters. The van der Waals surface area contributed by atoms with Crippen molar-refractivity contribution in [2.45, 2.75) is 13.0 Å². The summed E-state index contributed by atoms with van der Waals surface area (Å²) in [5.41, 5.74) is 1.31. The quantitative estimate of drug-likeness (QED) is 0.839. The third kappa shape index (κ3) is 2.13. The number of aryl methyl sites for hydroxylation is 1. The van der Waals surface area contributed by atoms with Crippen LogP contribution in [0.1, 0.15) is 16.5 Å². The smallest absolute Gasteiger partial charge is 0.0731 e. The van der Waals surface area contributed by atoms with E-state index in [1.807, 2.05) is 0 Å². The van der Waals surface area contributed by atoms with Crippen LogP contribution in [-0.4, -0.2) is 19.8 Å². The number of hydrogen-bond donors (Lipinski definition) is 1. The predicted molar refractivity (Wildman–Crippen MR) is 58.3 cm³/mol. The molecule has 1 unspecified atom stereocenters. The van der Waals surface area contributed by atoms with Crippen LogP contribution in [0.5, 0.6) is 0 Å². The number of morpholine rings is 1. The zero-order chi connectivity index (χ0) is 9.26. The van der Waals surface area contributed by atoms with Gasteiger partial charge < -0.3 is 10.1 Å². The number of nitrogens with one attached hydrogen (secondary N) is 1. The van der Waals surface area contributed by atoms with E-state index in [2.05, 4.69) is 34.2 Å². The van der Waals surface area contributed by atoms with Crippen molar-refractivity contribution in [3.8, 4) is 0 Å². The average molecular weight is 262 g/mol. The molecule has 4 heteroatoms. The van der Waals surface area contributed by atoms with E-state index < -0.39 is 0 Å². The fourth-order valence-electron chi connectivity index (χ4n) is 1.40. The topological polar surface area (TPSA) is 21.3 Å². The number of thiophene rings is 1. The Kier molecular flexibility index (Phi) is 3.03. The summed E-state index contributed by atoms with van der Waals surface area (Å²) in [6.45, 7) is 4.71. The van der Waals surface area contributed by atoms with Gasteiger partial charge in [-0.05, 0) is 34.5 Å². The maximum absolute atomic E-state index is 5.41. The van der Waals surface area contributed by atoms with Crippen molar-refractivity contribution >= 4 is 27.3 Å². The van der Waals surface area contributed by atoms with E-state index in [0.29, 0.717) is 6.04 Å². The minimum Gasteiger partial charge on any atom is -0.378 e. The number of halogens is 1. The first-order valence-electron chi connectivity index (χ1n) is 4.34. The molecule has 1 saturated heterocycles. The zero-order valence-corrected chi connectivity index (χ0v) is 9.87. The third-order valence-electron chi connectivity index (χ3n) is 2.14. The van der Waals surface area contributed by atoms with Crippen LogP contribution in [0, 0.1) is 6.92 Å². The lowest BCUT2D eigenvalue weighted by Crippen LogP contribution is -2.33. The monoisotopic (exact) mass is 261 g/mol. The maximum Gasteiger partial charge on any atom is 0.0731 e. The van der Waals surface area contributed by atoms with Crippen molar-refractivity contribution in [1.29, 1.82) is 0 Å². The summed E-state index contributed by atoms with van der Waals surface area (Å²) < 4.78 is 6.65. The molecule has 2 heterocycles. The first kappa shape index (κ1) is 9.65. The summed E-state index contributed by atoms with van der Waals surface area (Å²) in [7, 11) is 0. The molecular weight excluding hydrogens is 250 g/mol. The van der Waals surface area contributed by atoms with Crippen LogP contribution >= 0.6 is 27.3 Å². The van der Waals surface area contributed by atoms with E-state index in [-0.39, 0.29) is 0 Å². The Bertz CT molecular complexity index is 274. The Balaban J connectivity index is 2.14. The minimum atomic E-state index is 0.392. The lowest BCUT2D eigenvalue weighted by atomic mass is 10.2. The molecule has 1 N–H and O–H groups in total. The third-order valence-corrected chi connectivity index (χ3v) is 4.39. The fraction of sp³-hybridized carbons (Fsp3) is 0.556. The Morgan fingerprint density at radius 1 is 1.69 bits per heavy atom. The van der Waals surface area contributed by atoms with Gasteiger partial charge in [-0.15, -0.1) is 11.3 Å². The molecule has 1 aliphatic rings. The summed E-state index contributed by atoms with van der Waals surface area (Å²) >= 11 is 5.33. The van der Waals surface area contributed by atoms with Crippen molar-refractivity contribution in [2.75, 3.05) is 19.8 Å². The van der Waals surface area contributed by atoms with Crippen molar-refractivity contribution in [3.63, 3.8) is 0 Å². The molecule has 0 spiro atoms. The van der Waals surface area contributed by atoms with E-state index >= 15 is 0 Å². The van der Waals surface area contributed by atoms with Crippen molar-refractivity contribution in [2.24, 2.45) is 0 Å². The highest BCUT2D eigenvalue weighted by atomic mass is 79.9. The second-order valence-electron chi connectivity index (χ2n) is 3.19. The highest BCUT2D eigenvalue weighted by molar-refractivity contribution is 9.11. The molecule has 1 aromatic heterocycles. The summed E-state index contributed by atoms with van der Waals surface area (Å²) in [6, 6.07) is 2.62. The lowest BCUT2D eigenvalue weighted by molar-refractivity contribution is 0.0779. The van der Waals surface area contributed by atoms with Crippen LogP contribution in [0.4, 0.5) is 0 Å². The lowest BCUT2D eigenvalue weighted by Gasteiger charge is -2.22. The Morgan fingerprint density at radius 3 is 3.08 bits per heavy atom. The van der Waals surface area contributed by atoms with E-state index in [9.17, 15) is 0 Å². The van der Waals surface area contributed by atoms with E-state index in [1.165, 1.54) is 14.2 Å². The van der Waals surface area contributed by atoms with Gasteiger partial charge in [0.25, 0.3) is 0 Å². The summed E-state index contributed by atoms with van der Waals surface area (Å²) in [6.07, 6.45) is 0.